The van der Waals surface area contributed by atoms with Crippen LogP contribution in [-0.4, -0.2) is 41.9 Å². The lowest BCUT2D eigenvalue weighted by Gasteiger charge is -2.13. The number of amides is 1. The van der Waals surface area contributed by atoms with Crippen molar-refractivity contribution < 1.29 is 22.5 Å². The normalized spacial score (nSPS) is 20.1. The molecule has 1 unspecified atom stereocenters. The molecule has 8 heteroatoms. The molecule has 1 amide bonds. The van der Waals surface area contributed by atoms with Gasteiger partial charge in [0, 0.05) is 6.54 Å². The molecule has 0 saturated carbocycles. The molecule has 0 spiro atoms. The minimum Gasteiger partial charge on any atom is -0.443 e. The van der Waals surface area contributed by atoms with Gasteiger partial charge in [0.2, 0.25) is 0 Å². The van der Waals surface area contributed by atoms with Crippen LogP contribution in [0.2, 0.25) is 0 Å². The molecule has 1 saturated heterocycles. The molecule has 2 atom stereocenters. The first-order valence-electron chi connectivity index (χ1n) is 5.99. The number of carbonyl (C=O) groups is 1. The molecule has 2 N–H and O–H groups in total. The molecule has 1 aromatic carbocycles. The zero-order valence-corrected chi connectivity index (χ0v) is 11.4. The summed E-state index contributed by atoms with van der Waals surface area (Å²) in [6, 6.07) is 3.83. The first-order valence-corrected chi connectivity index (χ1v) is 7.30. The molecule has 5 nitrogen and oxygen atoms in total. The summed E-state index contributed by atoms with van der Waals surface area (Å²) in [5.41, 5.74) is 5.71. The Morgan fingerprint density at radius 3 is 2.80 bits per heavy atom. The van der Waals surface area contributed by atoms with Gasteiger partial charge >= 0.3 is 6.09 Å². The Balaban J connectivity index is 2.21. The highest BCUT2D eigenvalue weighted by Crippen LogP contribution is 2.25. The zero-order chi connectivity index (χ0) is 14.7. The maximum absolute atomic E-state index is 13.9. The number of halogens is 2. The second kappa shape index (κ2) is 6.27. The van der Waals surface area contributed by atoms with E-state index >= 15 is 0 Å². The molecule has 0 bridgehead atoms. The van der Waals surface area contributed by atoms with Crippen LogP contribution in [0, 0.1) is 5.82 Å². The van der Waals surface area contributed by atoms with Crippen LogP contribution in [0.4, 0.5) is 19.3 Å². The van der Waals surface area contributed by atoms with E-state index in [0.717, 1.165) is 6.07 Å². The van der Waals surface area contributed by atoms with Crippen LogP contribution in [-0.2, 0) is 15.5 Å². The van der Waals surface area contributed by atoms with Crippen molar-refractivity contribution in [1.29, 1.82) is 0 Å². The summed E-state index contributed by atoms with van der Waals surface area (Å²) in [4.78, 5) is 12.8. The average molecular weight is 304 g/mol. The van der Waals surface area contributed by atoms with Crippen LogP contribution in [0.5, 0.6) is 0 Å². The number of hydrogen-bond donors (Lipinski definition) is 1. The summed E-state index contributed by atoms with van der Waals surface area (Å²) >= 11 is 0. The Labute approximate surface area is 117 Å². The highest BCUT2D eigenvalue weighted by Gasteiger charge is 2.31. The summed E-state index contributed by atoms with van der Waals surface area (Å²) < 4.78 is 42.5. The van der Waals surface area contributed by atoms with Crippen molar-refractivity contribution in [2.45, 2.75) is 11.0 Å². The monoisotopic (exact) mass is 304 g/mol. The molecule has 20 heavy (non-hydrogen) atoms. The third kappa shape index (κ3) is 2.96. The molecule has 2 rings (SSSR count). The second-order valence-corrected chi connectivity index (χ2v) is 5.74. The van der Waals surface area contributed by atoms with Crippen molar-refractivity contribution in [3.63, 3.8) is 0 Å². The maximum Gasteiger partial charge on any atom is 0.414 e. The van der Waals surface area contributed by atoms with Crippen LogP contribution in [0.3, 0.4) is 0 Å². The molecule has 0 aliphatic carbocycles. The van der Waals surface area contributed by atoms with Crippen LogP contribution in [0.25, 0.3) is 0 Å². The molecule has 1 aliphatic rings. The van der Waals surface area contributed by atoms with E-state index < -0.39 is 35.5 Å². The topological polar surface area (TPSA) is 72.6 Å². The van der Waals surface area contributed by atoms with E-state index in [9.17, 15) is 17.8 Å². The SMILES string of the molecule is NC[C@H]1CN(c2ccc(S(=O)CCF)c(F)c2)C(=O)O1. The number of cyclic esters (lactones) is 1. The number of benzene rings is 1. The van der Waals surface area contributed by atoms with Gasteiger partial charge in [0.05, 0.1) is 33.7 Å². The van der Waals surface area contributed by atoms with E-state index in [-0.39, 0.29) is 23.7 Å². The van der Waals surface area contributed by atoms with Crippen molar-refractivity contribution in [3.05, 3.63) is 24.0 Å². The first-order chi connectivity index (χ1) is 9.56. The number of ether oxygens (including phenoxy) is 1. The molecule has 1 heterocycles. The van der Waals surface area contributed by atoms with Crippen LogP contribution >= 0.6 is 0 Å². The Kier molecular flexibility index (Phi) is 4.66. The predicted molar refractivity (Wildman–Crippen MR) is 70.3 cm³/mol. The van der Waals surface area contributed by atoms with Crippen molar-refractivity contribution in [2.24, 2.45) is 5.73 Å². The Bertz CT molecular complexity index is 541. The third-order valence-corrected chi connectivity index (χ3v) is 4.22. The third-order valence-electron chi connectivity index (χ3n) is 2.87. The first kappa shape index (κ1) is 14.9. The smallest absolute Gasteiger partial charge is 0.414 e. The molecule has 1 aromatic rings. The summed E-state index contributed by atoms with van der Waals surface area (Å²) in [5, 5.41) is 0. The summed E-state index contributed by atoms with van der Waals surface area (Å²) in [6.07, 6.45) is -1.02. The molecule has 0 radical (unpaired) electrons. The van der Waals surface area contributed by atoms with E-state index in [2.05, 4.69) is 0 Å². The van der Waals surface area contributed by atoms with Crippen molar-refractivity contribution >= 4 is 22.6 Å². The average Bonchev–Trinajstić information content (AvgIpc) is 2.80. The van der Waals surface area contributed by atoms with Crippen molar-refractivity contribution in [3.8, 4) is 0 Å². The number of carbonyl (C=O) groups excluding carboxylic acids is 1. The van der Waals surface area contributed by atoms with Gasteiger partial charge in [0.15, 0.2) is 0 Å². The number of hydrogen-bond acceptors (Lipinski definition) is 4. The van der Waals surface area contributed by atoms with E-state index in [4.69, 9.17) is 10.5 Å². The Morgan fingerprint density at radius 1 is 1.50 bits per heavy atom. The van der Waals surface area contributed by atoms with Gasteiger partial charge < -0.3 is 10.5 Å². The number of nitrogens with two attached hydrogens (primary N) is 1. The van der Waals surface area contributed by atoms with Crippen molar-refractivity contribution in [1.82, 2.24) is 0 Å². The number of rotatable bonds is 5. The standard InChI is InChI=1S/C12H14F2N2O3S/c13-3-4-20(18)11-2-1-8(5-10(11)14)16-7-9(6-15)19-12(16)17/h1-2,5,9H,3-4,6-7,15H2/t9-,20?/m0/s1. The second-order valence-electron chi connectivity index (χ2n) is 4.21. The van der Waals surface area contributed by atoms with Crippen LogP contribution in [0.15, 0.2) is 23.1 Å². The number of anilines is 1. The highest BCUT2D eigenvalue weighted by atomic mass is 32.2. The lowest BCUT2D eigenvalue weighted by molar-refractivity contribution is 0.145. The zero-order valence-electron chi connectivity index (χ0n) is 10.6. The van der Waals surface area contributed by atoms with E-state index in [1.54, 1.807) is 0 Å². The van der Waals surface area contributed by atoms with E-state index in [0.29, 0.717) is 5.69 Å². The summed E-state index contributed by atoms with van der Waals surface area (Å²) in [6.45, 7) is -0.366. The van der Waals surface area contributed by atoms with E-state index in [1.165, 1.54) is 17.0 Å². The molecule has 1 fully saturated rings. The quantitative estimate of drug-likeness (QED) is 0.887. The largest absolute Gasteiger partial charge is 0.443 e. The minimum absolute atomic E-state index is 0.0747. The fourth-order valence-corrected chi connectivity index (χ4v) is 2.73. The maximum atomic E-state index is 13.9. The Morgan fingerprint density at radius 2 is 2.25 bits per heavy atom. The van der Waals surface area contributed by atoms with Gasteiger partial charge in [-0.05, 0) is 18.2 Å². The van der Waals surface area contributed by atoms with Crippen LogP contribution < -0.4 is 10.6 Å². The molecule has 110 valence electrons. The van der Waals surface area contributed by atoms with Gasteiger partial charge in [0.1, 0.15) is 18.6 Å². The van der Waals surface area contributed by atoms with Gasteiger partial charge in [-0.25, -0.2) is 9.18 Å². The van der Waals surface area contributed by atoms with Gasteiger partial charge in [-0.3, -0.25) is 13.5 Å². The van der Waals surface area contributed by atoms with Crippen LogP contribution in [0.1, 0.15) is 0 Å². The fourth-order valence-electron chi connectivity index (χ4n) is 1.88. The van der Waals surface area contributed by atoms with E-state index in [1.807, 2.05) is 0 Å². The lowest BCUT2D eigenvalue weighted by atomic mass is 10.2. The molecule has 0 aromatic heterocycles. The lowest BCUT2D eigenvalue weighted by Crippen LogP contribution is -2.27. The molecular weight excluding hydrogens is 290 g/mol. The predicted octanol–water partition coefficient (Wildman–Crippen LogP) is 1.19. The van der Waals surface area contributed by atoms with Gasteiger partial charge in [0.25, 0.3) is 0 Å². The molecule has 1 aliphatic heterocycles. The minimum atomic E-state index is -1.73. The van der Waals surface area contributed by atoms with Crippen molar-refractivity contribution in [2.75, 3.05) is 30.4 Å². The summed E-state index contributed by atoms with van der Waals surface area (Å²) in [5.74, 6) is -0.990. The summed E-state index contributed by atoms with van der Waals surface area (Å²) in [7, 11) is -1.73. The Hall–Kier alpha value is -1.54. The fraction of sp³-hybridized carbons (Fsp3) is 0.417. The van der Waals surface area contributed by atoms with Gasteiger partial charge in [-0.15, -0.1) is 0 Å². The van der Waals surface area contributed by atoms with Gasteiger partial charge in [-0.1, -0.05) is 0 Å². The molecular formula is C12H14F2N2O3S. The number of alkyl halides is 1. The van der Waals surface area contributed by atoms with Gasteiger partial charge in [-0.2, -0.15) is 0 Å². The highest BCUT2D eigenvalue weighted by molar-refractivity contribution is 7.85. The number of nitrogens with zero attached hydrogens (tertiary/aromatic N) is 1.